The highest BCUT2D eigenvalue weighted by Crippen LogP contribution is 2.21. The van der Waals surface area contributed by atoms with Gasteiger partial charge in [-0.15, -0.1) is 0 Å². The highest BCUT2D eigenvalue weighted by atomic mass is 32.2. The first kappa shape index (κ1) is 19.8. The van der Waals surface area contributed by atoms with Crippen LogP contribution in [0.3, 0.4) is 0 Å². The minimum atomic E-state index is -3.53. The summed E-state index contributed by atoms with van der Waals surface area (Å²) in [7, 11) is -3.53. The summed E-state index contributed by atoms with van der Waals surface area (Å²) in [5, 5.41) is 0. The highest BCUT2D eigenvalue weighted by molar-refractivity contribution is 7.89. The predicted molar refractivity (Wildman–Crippen MR) is 99.7 cm³/mol. The molecule has 0 saturated carbocycles. The molecule has 0 radical (unpaired) electrons. The highest BCUT2D eigenvalue weighted by Gasteiger charge is 2.28. The number of nitrogens with zero attached hydrogens (tertiary/aromatic N) is 2. The molecule has 2 heterocycles. The van der Waals surface area contributed by atoms with E-state index in [0.29, 0.717) is 26.2 Å². The SMILES string of the molecule is CC(OC(=O)c1ccc(S(=O)(=O)N2CCCCC2)cc1)C(=O)N1CCCC1. The maximum Gasteiger partial charge on any atom is 0.338 e. The third-order valence-corrected chi connectivity index (χ3v) is 7.01. The Hall–Kier alpha value is -1.93. The minimum absolute atomic E-state index is 0.169. The number of benzene rings is 1. The summed E-state index contributed by atoms with van der Waals surface area (Å²) in [4.78, 5) is 26.4. The van der Waals surface area contributed by atoms with Crippen molar-refractivity contribution in [3.8, 4) is 0 Å². The Labute approximate surface area is 160 Å². The summed E-state index contributed by atoms with van der Waals surface area (Å²) < 4.78 is 32.0. The van der Waals surface area contributed by atoms with Crippen molar-refractivity contribution in [2.75, 3.05) is 26.2 Å². The number of piperidine rings is 1. The van der Waals surface area contributed by atoms with Gasteiger partial charge in [0.05, 0.1) is 10.5 Å². The number of carbonyl (C=O) groups excluding carboxylic acids is 2. The first-order valence-electron chi connectivity index (χ1n) is 9.49. The predicted octanol–water partition coefficient (Wildman–Crippen LogP) is 2.03. The van der Waals surface area contributed by atoms with Crippen LogP contribution in [0.1, 0.15) is 49.4 Å². The first-order chi connectivity index (χ1) is 12.9. The van der Waals surface area contributed by atoms with Gasteiger partial charge in [0.25, 0.3) is 5.91 Å². The van der Waals surface area contributed by atoms with Crippen molar-refractivity contribution in [2.45, 2.75) is 50.0 Å². The number of ether oxygens (including phenoxy) is 1. The Kier molecular flexibility index (Phi) is 6.16. The average molecular weight is 394 g/mol. The van der Waals surface area contributed by atoms with E-state index < -0.39 is 22.1 Å². The van der Waals surface area contributed by atoms with Crippen LogP contribution in [0, 0.1) is 0 Å². The van der Waals surface area contributed by atoms with Crippen molar-refractivity contribution in [1.82, 2.24) is 9.21 Å². The summed E-state index contributed by atoms with van der Waals surface area (Å²) in [6, 6.07) is 5.72. The topological polar surface area (TPSA) is 84.0 Å². The van der Waals surface area contributed by atoms with Crippen LogP contribution in [-0.2, 0) is 19.6 Å². The molecule has 2 aliphatic heterocycles. The Morgan fingerprint density at radius 3 is 2.07 bits per heavy atom. The van der Waals surface area contributed by atoms with Gasteiger partial charge in [0.2, 0.25) is 10.0 Å². The summed E-state index contributed by atoms with van der Waals surface area (Å²) in [6.45, 7) is 4.02. The van der Waals surface area contributed by atoms with Crippen LogP contribution in [0.4, 0.5) is 0 Å². The summed E-state index contributed by atoms with van der Waals surface area (Å²) >= 11 is 0. The number of amides is 1. The van der Waals surface area contributed by atoms with Gasteiger partial charge >= 0.3 is 5.97 Å². The van der Waals surface area contributed by atoms with Gasteiger partial charge in [-0.2, -0.15) is 4.31 Å². The van der Waals surface area contributed by atoms with Crippen LogP contribution in [-0.4, -0.2) is 61.8 Å². The average Bonchev–Trinajstić information content (AvgIpc) is 3.23. The molecule has 0 aromatic heterocycles. The molecule has 1 aromatic carbocycles. The lowest BCUT2D eigenvalue weighted by atomic mass is 10.2. The van der Waals surface area contributed by atoms with E-state index in [4.69, 9.17) is 4.74 Å². The quantitative estimate of drug-likeness (QED) is 0.714. The Morgan fingerprint density at radius 1 is 0.926 bits per heavy atom. The molecule has 1 amide bonds. The zero-order valence-corrected chi connectivity index (χ0v) is 16.4. The van der Waals surface area contributed by atoms with Gasteiger partial charge in [-0.25, -0.2) is 13.2 Å². The van der Waals surface area contributed by atoms with Crippen molar-refractivity contribution >= 4 is 21.9 Å². The molecule has 1 atom stereocenters. The van der Waals surface area contributed by atoms with Crippen LogP contribution >= 0.6 is 0 Å². The van der Waals surface area contributed by atoms with Gasteiger partial charge in [0.15, 0.2) is 6.10 Å². The molecule has 27 heavy (non-hydrogen) atoms. The third kappa shape index (κ3) is 4.50. The molecule has 0 spiro atoms. The molecule has 0 aliphatic carbocycles. The number of carbonyl (C=O) groups is 2. The smallest absolute Gasteiger partial charge is 0.338 e. The minimum Gasteiger partial charge on any atom is -0.449 e. The van der Waals surface area contributed by atoms with Gasteiger partial charge < -0.3 is 9.64 Å². The summed E-state index contributed by atoms with van der Waals surface area (Å²) in [6.07, 6.45) is 3.87. The molecule has 2 aliphatic rings. The van der Waals surface area contributed by atoms with E-state index in [2.05, 4.69) is 0 Å². The largest absolute Gasteiger partial charge is 0.449 e. The second kappa shape index (κ2) is 8.39. The molecule has 0 bridgehead atoms. The van der Waals surface area contributed by atoms with Gasteiger partial charge in [-0.1, -0.05) is 6.42 Å². The van der Waals surface area contributed by atoms with Crippen LogP contribution in [0.25, 0.3) is 0 Å². The van der Waals surface area contributed by atoms with Gasteiger partial charge in [-0.3, -0.25) is 4.79 Å². The lowest BCUT2D eigenvalue weighted by Crippen LogP contribution is -2.38. The normalized spacial score (nSPS) is 19.7. The van der Waals surface area contributed by atoms with Crippen molar-refractivity contribution in [3.05, 3.63) is 29.8 Å². The molecule has 2 saturated heterocycles. The zero-order chi connectivity index (χ0) is 19.4. The number of hydrogen-bond donors (Lipinski definition) is 0. The first-order valence-corrected chi connectivity index (χ1v) is 10.9. The van der Waals surface area contributed by atoms with Gasteiger partial charge in [0, 0.05) is 26.2 Å². The molecule has 148 valence electrons. The lowest BCUT2D eigenvalue weighted by molar-refractivity contribution is -0.138. The fourth-order valence-electron chi connectivity index (χ4n) is 3.49. The molecule has 2 fully saturated rings. The van der Waals surface area contributed by atoms with Crippen LogP contribution in [0.5, 0.6) is 0 Å². The standard InChI is InChI=1S/C19H26N2O5S/c1-15(18(22)20-11-5-6-12-20)26-19(23)16-7-9-17(10-8-16)27(24,25)21-13-3-2-4-14-21/h7-10,15H,2-6,11-14H2,1H3. The number of rotatable bonds is 5. The second-order valence-electron chi connectivity index (χ2n) is 7.07. The molecule has 3 rings (SSSR count). The van der Waals surface area contributed by atoms with E-state index in [9.17, 15) is 18.0 Å². The van der Waals surface area contributed by atoms with E-state index in [1.807, 2.05) is 0 Å². The van der Waals surface area contributed by atoms with Gasteiger partial charge in [0.1, 0.15) is 0 Å². The van der Waals surface area contributed by atoms with Crippen LogP contribution < -0.4 is 0 Å². The second-order valence-corrected chi connectivity index (χ2v) is 9.01. The molecule has 7 nitrogen and oxygen atoms in total. The monoisotopic (exact) mass is 394 g/mol. The Bertz CT molecular complexity index is 779. The summed E-state index contributed by atoms with van der Waals surface area (Å²) in [5.41, 5.74) is 0.230. The Morgan fingerprint density at radius 2 is 1.48 bits per heavy atom. The molecular formula is C19H26N2O5S. The van der Waals surface area contributed by atoms with Crippen molar-refractivity contribution in [1.29, 1.82) is 0 Å². The number of hydrogen-bond acceptors (Lipinski definition) is 5. The van der Waals surface area contributed by atoms with Crippen LogP contribution in [0.2, 0.25) is 0 Å². The van der Waals surface area contributed by atoms with E-state index >= 15 is 0 Å². The van der Waals surface area contributed by atoms with Crippen molar-refractivity contribution in [2.24, 2.45) is 0 Å². The zero-order valence-electron chi connectivity index (χ0n) is 15.6. The van der Waals surface area contributed by atoms with Gasteiger partial charge in [-0.05, 0) is 56.9 Å². The lowest BCUT2D eigenvalue weighted by Gasteiger charge is -2.25. The number of likely N-dealkylation sites (tertiary alicyclic amines) is 1. The maximum atomic E-state index is 12.6. The number of sulfonamides is 1. The molecule has 1 unspecified atom stereocenters. The van der Waals surface area contributed by atoms with Crippen molar-refractivity contribution in [3.63, 3.8) is 0 Å². The van der Waals surface area contributed by atoms with E-state index in [0.717, 1.165) is 32.1 Å². The van der Waals surface area contributed by atoms with Crippen LogP contribution in [0.15, 0.2) is 29.2 Å². The molecule has 8 heteroatoms. The number of esters is 1. The van der Waals surface area contributed by atoms with Crippen molar-refractivity contribution < 1.29 is 22.7 Å². The third-order valence-electron chi connectivity index (χ3n) is 5.09. The molecule has 0 N–H and O–H groups in total. The fraction of sp³-hybridized carbons (Fsp3) is 0.579. The Balaban J connectivity index is 1.64. The van der Waals surface area contributed by atoms with E-state index in [1.54, 1.807) is 11.8 Å². The summed E-state index contributed by atoms with van der Waals surface area (Å²) in [5.74, 6) is -0.817. The maximum absolute atomic E-state index is 12.6. The fourth-order valence-corrected chi connectivity index (χ4v) is 5.01. The van der Waals surface area contributed by atoms with E-state index in [-0.39, 0.29) is 16.4 Å². The molecular weight excluding hydrogens is 368 g/mol. The molecule has 1 aromatic rings. The van der Waals surface area contributed by atoms with E-state index in [1.165, 1.54) is 28.6 Å².